The molecule has 1 atom stereocenters. The number of halogens is 1. The van der Waals surface area contributed by atoms with E-state index in [1.54, 1.807) is 14.2 Å². The first-order chi connectivity index (χ1) is 8.72. The molecule has 1 saturated heterocycles. The quantitative estimate of drug-likeness (QED) is 0.926. The first-order valence-electron chi connectivity index (χ1n) is 6.36. The molecular formula is C14H20BrNO2. The lowest BCUT2D eigenvalue weighted by atomic mass is 9.91. The molecular weight excluding hydrogens is 294 g/mol. The number of ether oxygens (including phenoxy) is 2. The molecule has 0 spiro atoms. The van der Waals surface area contributed by atoms with Gasteiger partial charge in [-0.25, -0.2) is 0 Å². The van der Waals surface area contributed by atoms with Crippen LogP contribution in [0.15, 0.2) is 10.5 Å². The van der Waals surface area contributed by atoms with Crippen molar-refractivity contribution in [3.8, 4) is 11.5 Å². The van der Waals surface area contributed by atoms with E-state index < -0.39 is 0 Å². The summed E-state index contributed by atoms with van der Waals surface area (Å²) in [5.41, 5.74) is 2.72. The summed E-state index contributed by atoms with van der Waals surface area (Å²) in [5.74, 6) is 2.18. The number of rotatable bonds is 4. The fourth-order valence-electron chi connectivity index (χ4n) is 2.65. The van der Waals surface area contributed by atoms with E-state index in [2.05, 4.69) is 34.2 Å². The summed E-state index contributed by atoms with van der Waals surface area (Å²) >= 11 is 3.67. The van der Waals surface area contributed by atoms with Gasteiger partial charge in [0.2, 0.25) is 0 Å². The van der Waals surface area contributed by atoms with Crippen molar-refractivity contribution in [1.82, 2.24) is 5.32 Å². The third kappa shape index (κ3) is 2.36. The number of methoxy groups -OCH3 is 2. The van der Waals surface area contributed by atoms with Crippen molar-refractivity contribution in [2.45, 2.75) is 25.7 Å². The fourth-order valence-corrected chi connectivity index (χ4v) is 3.52. The summed E-state index contributed by atoms with van der Waals surface area (Å²) in [6, 6.07) is 2.14. The minimum atomic E-state index is 0.580. The fraction of sp³-hybridized carbons (Fsp3) is 0.571. The smallest absolute Gasteiger partial charge is 0.175 e. The van der Waals surface area contributed by atoms with Crippen LogP contribution in [0.4, 0.5) is 0 Å². The van der Waals surface area contributed by atoms with Crippen LogP contribution in [-0.4, -0.2) is 27.3 Å². The van der Waals surface area contributed by atoms with Gasteiger partial charge in [-0.15, -0.1) is 0 Å². The Labute approximate surface area is 117 Å². The van der Waals surface area contributed by atoms with E-state index in [9.17, 15) is 0 Å². The predicted octanol–water partition coefficient (Wildman–Crippen LogP) is 3.11. The van der Waals surface area contributed by atoms with Crippen molar-refractivity contribution in [2.24, 2.45) is 0 Å². The van der Waals surface area contributed by atoms with Gasteiger partial charge in [0.1, 0.15) is 0 Å². The Bertz CT molecular complexity index is 428. The molecule has 18 heavy (non-hydrogen) atoms. The zero-order chi connectivity index (χ0) is 13.1. The highest BCUT2D eigenvalue weighted by molar-refractivity contribution is 9.10. The second kappa shape index (κ2) is 5.93. The lowest BCUT2D eigenvalue weighted by Gasteiger charge is -2.20. The Hall–Kier alpha value is -0.740. The van der Waals surface area contributed by atoms with Gasteiger partial charge in [-0.1, -0.05) is 6.92 Å². The number of benzene rings is 1. The molecule has 1 N–H and O–H groups in total. The van der Waals surface area contributed by atoms with Gasteiger partial charge >= 0.3 is 0 Å². The van der Waals surface area contributed by atoms with Crippen LogP contribution in [0, 0.1) is 0 Å². The van der Waals surface area contributed by atoms with E-state index >= 15 is 0 Å². The lowest BCUT2D eigenvalue weighted by Crippen LogP contribution is -2.10. The minimum absolute atomic E-state index is 0.580. The van der Waals surface area contributed by atoms with Crippen molar-refractivity contribution in [3.63, 3.8) is 0 Å². The molecule has 3 nitrogen and oxygen atoms in total. The maximum Gasteiger partial charge on any atom is 0.175 e. The lowest BCUT2D eigenvalue weighted by molar-refractivity contribution is 0.352. The molecule has 0 bridgehead atoms. The number of nitrogens with one attached hydrogen (secondary N) is 1. The maximum atomic E-state index is 5.44. The maximum absolute atomic E-state index is 5.44. The van der Waals surface area contributed by atoms with Crippen LogP contribution in [0.5, 0.6) is 11.5 Å². The Morgan fingerprint density at radius 1 is 1.39 bits per heavy atom. The Morgan fingerprint density at radius 2 is 2.17 bits per heavy atom. The van der Waals surface area contributed by atoms with Crippen LogP contribution in [0.2, 0.25) is 0 Å². The summed E-state index contributed by atoms with van der Waals surface area (Å²) in [6.07, 6.45) is 2.18. The van der Waals surface area contributed by atoms with Gasteiger partial charge in [0.05, 0.1) is 18.7 Å². The highest BCUT2D eigenvalue weighted by Crippen LogP contribution is 2.43. The van der Waals surface area contributed by atoms with Gasteiger partial charge in [0.25, 0.3) is 0 Å². The Balaban J connectivity index is 2.53. The Kier molecular flexibility index (Phi) is 4.51. The summed E-state index contributed by atoms with van der Waals surface area (Å²) in [5, 5.41) is 3.42. The Morgan fingerprint density at radius 3 is 2.67 bits per heavy atom. The van der Waals surface area contributed by atoms with E-state index in [1.807, 2.05) is 0 Å². The van der Waals surface area contributed by atoms with Crippen LogP contribution in [0.1, 0.15) is 30.4 Å². The van der Waals surface area contributed by atoms with Gasteiger partial charge in [-0.3, -0.25) is 0 Å². The van der Waals surface area contributed by atoms with Gasteiger partial charge in [0, 0.05) is 6.54 Å². The van der Waals surface area contributed by atoms with Gasteiger partial charge in [-0.2, -0.15) is 0 Å². The molecule has 1 heterocycles. The van der Waals surface area contributed by atoms with Crippen molar-refractivity contribution in [3.05, 3.63) is 21.7 Å². The van der Waals surface area contributed by atoms with Crippen LogP contribution in [0.25, 0.3) is 0 Å². The minimum Gasteiger partial charge on any atom is -0.493 e. The van der Waals surface area contributed by atoms with Crippen molar-refractivity contribution in [1.29, 1.82) is 0 Å². The summed E-state index contributed by atoms with van der Waals surface area (Å²) in [6.45, 7) is 4.33. The molecule has 0 radical (unpaired) electrons. The molecule has 1 aliphatic heterocycles. The molecule has 100 valence electrons. The SMILES string of the molecule is CCc1c(C2CCNC2)cc(OC)c(OC)c1Br. The molecule has 1 aromatic carbocycles. The van der Waals surface area contributed by atoms with Crippen LogP contribution in [-0.2, 0) is 6.42 Å². The third-order valence-corrected chi connectivity index (χ3v) is 4.44. The molecule has 0 saturated carbocycles. The van der Waals surface area contributed by atoms with Gasteiger partial charge in [0.15, 0.2) is 11.5 Å². The molecule has 1 unspecified atom stereocenters. The largest absolute Gasteiger partial charge is 0.493 e. The van der Waals surface area contributed by atoms with Crippen molar-refractivity contribution in [2.75, 3.05) is 27.3 Å². The second-order valence-corrected chi connectivity index (χ2v) is 5.33. The van der Waals surface area contributed by atoms with Crippen molar-refractivity contribution >= 4 is 15.9 Å². The first-order valence-corrected chi connectivity index (χ1v) is 7.16. The van der Waals surface area contributed by atoms with Gasteiger partial charge in [-0.05, 0) is 58.4 Å². The molecule has 0 aliphatic carbocycles. The topological polar surface area (TPSA) is 30.5 Å². The molecule has 1 fully saturated rings. The van der Waals surface area contributed by atoms with Crippen LogP contribution in [0.3, 0.4) is 0 Å². The highest BCUT2D eigenvalue weighted by Gasteiger charge is 2.24. The van der Waals surface area contributed by atoms with Crippen LogP contribution >= 0.6 is 15.9 Å². The van der Waals surface area contributed by atoms with Gasteiger partial charge < -0.3 is 14.8 Å². The van der Waals surface area contributed by atoms with E-state index in [0.717, 1.165) is 35.5 Å². The van der Waals surface area contributed by atoms with Crippen molar-refractivity contribution < 1.29 is 9.47 Å². The average Bonchev–Trinajstić information content (AvgIpc) is 2.91. The molecule has 1 aromatic rings. The van der Waals surface area contributed by atoms with E-state index in [4.69, 9.17) is 9.47 Å². The standard InChI is InChI=1S/C14H20BrNO2/c1-4-10-11(9-5-6-16-8-9)7-12(17-2)14(18-3)13(10)15/h7,9,16H,4-6,8H2,1-3H3. The predicted molar refractivity (Wildman–Crippen MR) is 76.9 cm³/mol. The second-order valence-electron chi connectivity index (χ2n) is 4.54. The third-order valence-electron chi connectivity index (χ3n) is 3.60. The highest BCUT2D eigenvalue weighted by atomic mass is 79.9. The summed E-state index contributed by atoms with van der Waals surface area (Å²) < 4.78 is 11.9. The molecule has 4 heteroatoms. The first kappa shape index (κ1) is 13.7. The molecule has 2 rings (SSSR count). The number of hydrogen-bond donors (Lipinski definition) is 1. The molecule has 0 amide bonds. The van der Waals surface area contributed by atoms with E-state index in [-0.39, 0.29) is 0 Å². The van der Waals surface area contributed by atoms with E-state index in [0.29, 0.717) is 5.92 Å². The average molecular weight is 314 g/mol. The zero-order valence-corrected chi connectivity index (χ0v) is 12.8. The normalized spacial score (nSPS) is 19.0. The molecule has 1 aliphatic rings. The summed E-state index contributed by atoms with van der Waals surface area (Å²) in [4.78, 5) is 0. The monoisotopic (exact) mass is 313 g/mol. The van der Waals surface area contributed by atoms with Crippen LogP contribution < -0.4 is 14.8 Å². The number of hydrogen-bond acceptors (Lipinski definition) is 3. The van der Waals surface area contributed by atoms with E-state index in [1.165, 1.54) is 17.5 Å². The summed E-state index contributed by atoms with van der Waals surface area (Å²) in [7, 11) is 3.37. The zero-order valence-electron chi connectivity index (χ0n) is 11.2. The molecule has 0 aromatic heterocycles.